The number of amides is 1. The van der Waals surface area contributed by atoms with Gasteiger partial charge in [-0.2, -0.15) is 0 Å². The second-order valence-electron chi connectivity index (χ2n) is 5.37. The Bertz CT molecular complexity index is 695. The van der Waals surface area contributed by atoms with Crippen LogP contribution in [0, 0.1) is 13.8 Å². The van der Waals surface area contributed by atoms with E-state index in [4.69, 9.17) is 4.74 Å². The minimum Gasteiger partial charge on any atom is -0.452 e. The van der Waals surface area contributed by atoms with Crippen LogP contribution in [0.4, 0.5) is 5.69 Å². The number of nitrogens with zero attached hydrogens (tertiary/aromatic N) is 1. The topological polar surface area (TPSA) is 46.6 Å². The van der Waals surface area contributed by atoms with Crippen LogP contribution in [0.25, 0.3) is 0 Å². The van der Waals surface area contributed by atoms with Crippen LogP contribution < -0.4 is 4.90 Å². The molecule has 0 N–H and O–H groups in total. The zero-order valence-corrected chi connectivity index (χ0v) is 13.7. The zero-order valence-electron chi connectivity index (χ0n) is 13.7. The van der Waals surface area contributed by atoms with Gasteiger partial charge in [0.1, 0.15) is 0 Å². The Balaban J connectivity index is 2.03. The first-order valence-corrected chi connectivity index (χ1v) is 7.62. The van der Waals surface area contributed by atoms with Gasteiger partial charge in [0.25, 0.3) is 5.91 Å². The number of ether oxygens (including phenoxy) is 1. The fraction of sp³-hybridized carbons (Fsp3) is 0.263. The first-order chi connectivity index (χ1) is 11.0. The molecule has 0 radical (unpaired) electrons. The van der Waals surface area contributed by atoms with Gasteiger partial charge in [0.2, 0.25) is 0 Å². The van der Waals surface area contributed by atoms with Crippen LogP contribution in [-0.4, -0.2) is 25.0 Å². The van der Waals surface area contributed by atoms with E-state index in [-0.39, 0.29) is 12.5 Å². The third-order valence-electron chi connectivity index (χ3n) is 3.62. The second-order valence-corrected chi connectivity index (χ2v) is 5.37. The molecule has 0 aliphatic heterocycles. The van der Waals surface area contributed by atoms with Crippen LogP contribution in [0.5, 0.6) is 0 Å². The summed E-state index contributed by atoms with van der Waals surface area (Å²) in [5.74, 6) is -0.707. The number of rotatable bonds is 5. The monoisotopic (exact) mass is 311 g/mol. The third kappa shape index (κ3) is 4.19. The molecule has 120 valence electrons. The predicted molar refractivity (Wildman–Crippen MR) is 90.7 cm³/mol. The fourth-order valence-electron chi connectivity index (χ4n) is 2.35. The first-order valence-electron chi connectivity index (χ1n) is 7.62. The average Bonchev–Trinajstić information content (AvgIpc) is 2.56. The SMILES string of the molecule is CCN(C(=O)COC(=O)c1cc(C)ccc1C)c1ccccc1. The molecular formula is C19H21NO3. The highest BCUT2D eigenvalue weighted by Gasteiger charge is 2.17. The Morgan fingerprint density at radius 2 is 1.74 bits per heavy atom. The van der Waals surface area contributed by atoms with Crippen LogP contribution in [0.3, 0.4) is 0 Å². The molecule has 0 aromatic heterocycles. The Morgan fingerprint density at radius 1 is 1.04 bits per heavy atom. The number of carbonyl (C=O) groups is 2. The van der Waals surface area contributed by atoms with E-state index in [1.165, 1.54) is 0 Å². The van der Waals surface area contributed by atoms with Crippen molar-refractivity contribution in [2.75, 3.05) is 18.1 Å². The molecule has 0 spiro atoms. The Morgan fingerprint density at radius 3 is 2.39 bits per heavy atom. The van der Waals surface area contributed by atoms with E-state index in [9.17, 15) is 9.59 Å². The van der Waals surface area contributed by atoms with E-state index in [1.54, 1.807) is 11.0 Å². The average molecular weight is 311 g/mol. The lowest BCUT2D eigenvalue weighted by atomic mass is 10.1. The highest BCUT2D eigenvalue weighted by atomic mass is 16.5. The number of esters is 1. The van der Waals surface area contributed by atoms with Gasteiger partial charge >= 0.3 is 5.97 Å². The lowest BCUT2D eigenvalue weighted by Crippen LogP contribution is -2.34. The van der Waals surface area contributed by atoms with Crippen LogP contribution >= 0.6 is 0 Å². The van der Waals surface area contributed by atoms with Gasteiger partial charge in [0.15, 0.2) is 6.61 Å². The van der Waals surface area contributed by atoms with Gasteiger partial charge in [-0.3, -0.25) is 4.79 Å². The predicted octanol–water partition coefficient (Wildman–Crippen LogP) is 3.51. The minimum atomic E-state index is -0.469. The van der Waals surface area contributed by atoms with Gasteiger partial charge in [-0.05, 0) is 44.5 Å². The largest absolute Gasteiger partial charge is 0.452 e. The summed E-state index contributed by atoms with van der Waals surface area (Å²) in [5.41, 5.74) is 3.11. The molecule has 2 aromatic rings. The van der Waals surface area contributed by atoms with E-state index in [0.717, 1.165) is 16.8 Å². The maximum absolute atomic E-state index is 12.3. The smallest absolute Gasteiger partial charge is 0.338 e. The molecule has 0 saturated carbocycles. The van der Waals surface area contributed by atoms with Crippen LogP contribution in [0.1, 0.15) is 28.4 Å². The molecule has 0 atom stereocenters. The van der Waals surface area contributed by atoms with E-state index in [1.807, 2.05) is 63.2 Å². The van der Waals surface area contributed by atoms with E-state index in [2.05, 4.69) is 0 Å². The summed E-state index contributed by atoms with van der Waals surface area (Å²) in [6.07, 6.45) is 0. The van der Waals surface area contributed by atoms with Crippen LogP contribution in [-0.2, 0) is 9.53 Å². The molecule has 2 aromatic carbocycles. The van der Waals surface area contributed by atoms with E-state index < -0.39 is 5.97 Å². The van der Waals surface area contributed by atoms with Gasteiger partial charge in [-0.25, -0.2) is 4.79 Å². The fourth-order valence-corrected chi connectivity index (χ4v) is 2.35. The van der Waals surface area contributed by atoms with Crippen molar-refractivity contribution in [1.82, 2.24) is 0 Å². The molecule has 2 rings (SSSR count). The highest BCUT2D eigenvalue weighted by molar-refractivity contribution is 5.97. The molecule has 0 aliphatic carbocycles. The Labute approximate surface area is 136 Å². The lowest BCUT2D eigenvalue weighted by molar-refractivity contribution is -0.121. The summed E-state index contributed by atoms with van der Waals surface area (Å²) in [5, 5.41) is 0. The molecule has 0 fully saturated rings. The molecule has 0 bridgehead atoms. The third-order valence-corrected chi connectivity index (χ3v) is 3.62. The van der Waals surface area contributed by atoms with Crippen molar-refractivity contribution in [3.05, 3.63) is 65.2 Å². The first kappa shape index (κ1) is 16.7. The molecule has 23 heavy (non-hydrogen) atoms. The van der Waals surface area contributed by atoms with Crippen molar-refractivity contribution in [2.24, 2.45) is 0 Å². The summed E-state index contributed by atoms with van der Waals surface area (Å²) in [4.78, 5) is 26.1. The van der Waals surface area contributed by atoms with Gasteiger partial charge in [0, 0.05) is 12.2 Å². The van der Waals surface area contributed by atoms with Crippen molar-refractivity contribution in [2.45, 2.75) is 20.8 Å². The number of benzene rings is 2. The quantitative estimate of drug-likeness (QED) is 0.794. The number of carbonyl (C=O) groups excluding carboxylic acids is 2. The second kappa shape index (κ2) is 7.58. The molecule has 0 saturated heterocycles. The number of hydrogen-bond donors (Lipinski definition) is 0. The summed E-state index contributed by atoms with van der Waals surface area (Å²) in [7, 11) is 0. The lowest BCUT2D eigenvalue weighted by Gasteiger charge is -2.20. The van der Waals surface area contributed by atoms with E-state index in [0.29, 0.717) is 12.1 Å². The maximum Gasteiger partial charge on any atom is 0.338 e. The molecule has 4 heteroatoms. The summed E-state index contributed by atoms with van der Waals surface area (Å²) in [6.45, 7) is 5.89. The summed E-state index contributed by atoms with van der Waals surface area (Å²) < 4.78 is 5.20. The molecule has 0 unspecified atom stereocenters. The van der Waals surface area contributed by atoms with Crippen molar-refractivity contribution in [3.8, 4) is 0 Å². The maximum atomic E-state index is 12.3. The van der Waals surface area contributed by atoms with Crippen LogP contribution in [0.15, 0.2) is 48.5 Å². The minimum absolute atomic E-state index is 0.239. The van der Waals surface area contributed by atoms with Gasteiger partial charge in [-0.15, -0.1) is 0 Å². The van der Waals surface area contributed by atoms with Gasteiger partial charge in [-0.1, -0.05) is 35.9 Å². The number of hydrogen-bond acceptors (Lipinski definition) is 3. The summed E-state index contributed by atoms with van der Waals surface area (Å²) in [6, 6.07) is 14.9. The highest BCUT2D eigenvalue weighted by Crippen LogP contribution is 2.15. The zero-order chi connectivity index (χ0) is 16.8. The normalized spacial score (nSPS) is 10.2. The van der Waals surface area contributed by atoms with Crippen molar-refractivity contribution in [3.63, 3.8) is 0 Å². The summed E-state index contributed by atoms with van der Waals surface area (Å²) >= 11 is 0. The van der Waals surface area contributed by atoms with Crippen molar-refractivity contribution in [1.29, 1.82) is 0 Å². The van der Waals surface area contributed by atoms with E-state index >= 15 is 0 Å². The van der Waals surface area contributed by atoms with Gasteiger partial charge in [0.05, 0.1) is 5.56 Å². The number of para-hydroxylation sites is 1. The molecule has 4 nitrogen and oxygen atoms in total. The standard InChI is InChI=1S/C19H21NO3/c1-4-20(16-8-6-5-7-9-16)18(21)13-23-19(22)17-12-14(2)10-11-15(17)3/h5-12H,4,13H2,1-3H3. The molecular weight excluding hydrogens is 290 g/mol. The Kier molecular flexibility index (Phi) is 5.52. The van der Waals surface area contributed by atoms with Crippen LogP contribution in [0.2, 0.25) is 0 Å². The number of likely N-dealkylation sites (N-methyl/N-ethyl adjacent to an activating group) is 1. The number of anilines is 1. The van der Waals surface area contributed by atoms with Crippen molar-refractivity contribution >= 4 is 17.6 Å². The van der Waals surface area contributed by atoms with Crippen molar-refractivity contribution < 1.29 is 14.3 Å². The molecule has 0 aliphatic rings. The molecule has 0 heterocycles. The molecule has 1 amide bonds. The van der Waals surface area contributed by atoms with Gasteiger partial charge < -0.3 is 9.64 Å². The number of aryl methyl sites for hydroxylation is 2. The Hall–Kier alpha value is -2.62.